The molecule has 0 unspecified atom stereocenters. The molecule has 0 saturated heterocycles. The average molecular weight is 482 g/mol. The highest BCUT2D eigenvalue weighted by atomic mass is 32.2. The molecule has 0 bridgehead atoms. The lowest BCUT2D eigenvalue weighted by molar-refractivity contribution is -0.119. The maximum atomic E-state index is 12.7. The number of hydrogen-bond donors (Lipinski definition) is 1. The fourth-order valence-electron chi connectivity index (χ4n) is 3.34. The molecule has 0 radical (unpaired) electrons. The molecule has 0 spiro atoms. The number of ether oxygens (including phenoxy) is 1. The number of fused-ring (bicyclic) bond motifs is 1. The van der Waals surface area contributed by atoms with Gasteiger partial charge in [-0.25, -0.2) is 9.69 Å². The number of rotatable bonds is 7. The Bertz CT molecular complexity index is 1250. The summed E-state index contributed by atoms with van der Waals surface area (Å²) < 4.78 is 30.3. The second-order valence-corrected chi connectivity index (χ2v) is 8.07. The highest BCUT2D eigenvalue weighted by Gasteiger charge is 2.36. The first kappa shape index (κ1) is 23.1. The summed E-state index contributed by atoms with van der Waals surface area (Å²) in [4.78, 5) is 50.8. The van der Waals surface area contributed by atoms with Gasteiger partial charge in [0.2, 0.25) is 0 Å². The third kappa shape index (κ3) is 4.81. The normalized spacial score (nSPS) is 12.6. The summed E-state index contributed by atoms with van der Waals surface area (Å²) in [5.41, 5.74) is 1.17. The van der Waals surface area contributed by atoms with Gasteiger partial charge in [0.25, 0.3) is 23.5 Å². The Kier molecular flexibility index (Phi) is 6.69. The molecule has 0 fully saturated rings. The van der Waals surface area contributed by atoms with E-state index in [1.165, 1.54) is 36.4 Å². The predicted molar refractivity (Wildman–Crippen MR) is 121 cm³/mol. The first-order chi connectivity index (χ1) is 16.3. The van der Waals surface area contributed by atoms with Crippen LogP contribution in [0.15, 0.2) is 77.7 Å². The van der Waals surface area contributed by atoms with Crippen molar-refractivity contribution in [2.24, 2.45) is 0 Å². The topological polar surface area (TPSA) is 92.8 Å². The molecule has 172 valence electrons. The van der Waals surface area contributed by atoms with E-state index in [0.717, 1.165) is 4.90 Å². The number of halogens is 2. The van der Waals surface area contributed by atoms with Crippen molar-refractivity contribution >= 4 is 46.8 Å². The van der Waals surface area contributed by atoms with Crippen LogP contribution in [-0.2, 0) is 9.53 Å². The van der Waals surface area contributed by atoms with Crippen LogP contribution in [0, 0.1) is 0 Å². The van der Waals surface area contributed by atoms with E-state index in [0.29, 0.717) is 11.1 Å². The van der Waals surface area contributed by atoms with Crippen molar-refractivity contribution in [3.8, 4) is 0 Å². The van der Waals surface area contributed by atoms with Gasteiger partial charge in [-0.2, -0.15) is 8.78 Å². The molecule has 3 aromatic carbocycles. The van der Waals surface area contributed by atoms with Crippen molar-refractivity contribution in [3.05, 3.63) is 89.5 Å². The zero-order valence-electron chi connectivity index (χ0n) is 17.4. The summed E-state index contributed by atoms with van der Waals surface area (Å²) in [6, 6.07) is 18.1. The van der Waals surface area contributed by atoms with E-state index in [1.807, 2.05) is 0 Å². The number of thioether (sulfide) groups is 1. The van der Waals surface area contributed by atoms with E-state index in [4.69, 9.17) is 4.74 Å². The number of alkyl halides is 2. The maximum Gasteiger partial charge on any atom is 0.338 e. The Morgan fingerprint density at radius 2 is 1.47 bits per heavy atom. The molecule has 3 aromatic rings. The van der Waals surface area contributed by atoms with Crippen LogP contribution in [0.1, 0.15) is 31.1 Å². The van der Waals surface area contributed by atoms with Gasteiger partial charge in [-0.3, -0.25) is 14.4 Å². The summed E-state index contributed by atoms with van der Waals surface area (Å²) in [7, 11) is 0. The highest BCUT2D eigenvalue weighted by Crippen LogP contribution is 2.31. The van der Waals surface area contributed by atoms with Gasteiger partial charge in [0.1, 0.15) is 0 Å². The minimum atomic E-state index is -2.65. The monoisotopic (exact) mass is 482 g/mol. The van der Waals surface area contributed by atoms with E-state index < -0.39 is 36.1 Å². The number of imide groups is 1. The Balaban J connectivity index is 1.37. The van der Waals surface area contributed by atoms with E-state index >= 15 is 0 Å². The number of esters is 1. The third-order valence-electron chi connectivity index (χ3n) is 4.87. The second kappa shape index (κ2) is 9.84. The van der Waals surface area contributed by atoms with Gasteiger partial charge in [0, 0.05) is 4.90 Å². The number of hydrogen-bond acceptors (Lipinski definition) is 6. The number of carbonyl (C=O) groups excluding carboxylic acids is 4. The predicted octanol–water partition coefficient (Wildman–Crippen LogP) is 4.60. The maximum absolute atomic E-state index is 12.7. The van der Waals surface area contributed by atoms with Crippen molar-refractivity contribution in [2.75, 3.05) is 16.8 Å². The fourth-order valence-corrected chi connectivity index (χ4v) is 3.93. The third-order valence-corrected chi connectivity index (χ3v) is 5.65. The number of nitrogens with one attached hydrogen (secondary N) is 1. The molecular formula is C24H16F2N2O5S. The van der Waals surface area contributed by atoms with Crippen LogP contribution in [-0.4, -0.2) is 36.1 Å². The Morgan fingerprint density at radius 3 is 2.09 bits per heavy atom. The summed E-state index contributed by atoms with van der Waals surface area (Å²) >= 11 is 0.289. The molecule has 1 N–H and O–H groups in total. The van der Waals surface area contributed by atoms with E-state index in [-0.39, 0.29) is 33.6 Å². The Hall–Kier alpha value is -4.05. The first-order valence-corrected chi connectivity index (χ1v) is 10.8. The van der Waals surface area contributed by atoms with Gasteiger partial charge in [-0.15, -0.1) is 0 Å². The van der Waals surface area contributed by atoms with E-state index in [2.05, 4.69) is 5.32 Å². The van der Waals surface area contributed by atoms with Gasteiger partial charge in [-0.05, 0) is 48.5 Å². The van der Waals surface area contributed by atoms with E-state index in [9.17, 15) is 28.0 Å². The van der Waals surface area contributed by atoms with Crippen LogP contribution in [0.4, 0.5) is 20.2 Å². The molecule has 7 nitrogen and oxygen atoms in total. The molecule has 1 heterocycles. The van der Waals surface area contributed by atoms with E-state index in [1.54, 1.807) is 36.4 Å². The van der Waals surface area contributed by atoms with Gasteiger partial charge in [0.15, 0.2) is 6.61 Å². The van der Waals surface area contributed by atoms with Crippen molar-refractivity contribution in [1.82, 2.24) is 0 Å². The number of anilines is 2. The zero-order valence-corrected chi connectivity index (χ0v) is 18.2. The molecule has 0 saturated carbocycles. The molecule has 10 heteroatoms. The Labute approximate surface area is 196 Å². The summed E-state index contributed by atoms with van der Waals surface area (Å²) in [5, 5.41) is 2.44. The van der Waals surface area contributed by atoms with Gasteiger partial charge in [0.05, 0.1) is 28.1 Å². The molecule has 1 aliphatic heterocycles. The van der Waals surface area contributed by atoms with Gasteiger partial charge >= 0.3 is 5.97 Å². The zero-order chi connectivity index (χ0) is 24.2. The van der Waals surface area contributed by atoms with Crippen molar-refractivity contribution in [2.45, 2.75) is 10.7 Å². The minimum Gasteiger partial charge on any atom is -0.452 e. The lowest BCUT2D eigenvalue weighted by atomic mass is 10.1. The van der Waals surface area contributed by atoms with Gasteiger partial charge < -0.3 is 10.1 Å². The van der Waals surface area contributed by atoms with Crippen molar-refractivity contribution < 1.29 is 32.7 Å². The number of nitrogens with zero attached hydrogens (tertiary/aromatic N) is 1. The highest BCUT2D eigenvalue weighted by molar-refractivity contribution is 7.99. The average Bonchev–Trinajstić information content (AvgIpc) is 3.09. The molecular weight excluding hydrogens is 466 g/mol. The summed E-state index contributed by atoms with van der Waals surface area (Å²) in [6.45, 7) is -0.632. The van der Waals surface area contributed by atoms with Crippen molar-refractivity contribution in [1.29, 1.82) is 0 Å². The Morgan fingerprint density at radius 1 is 0.882 bits per heavy atom. The van der Waals surface area contributed by atoms with Crippen LogP contribution in [0.2, 0.25) is 0 Å². The SMILES string of the molecule is O=C(COC(=O)c1ccc(N2C(=O)c3ccccc3C2=O)cc1)Nc1ccccc1SC(F)F. The largest absolute Gasteiger partial charge is 0.452 e. The van der Waals surface area contributed by atoms with Crippen molar-refractivity contribution in [3.63, 3.8) is 0 Å². The van der Waals surface area contributed by atoms with Crippen LogP contribution in [0.5, 0.6) is 0 Å². The molecule has 0 atom stereocenters. The number of benzene rings is 3. The van der Waals surface area contributed by atoms with Gasteiger partial charge in [-0.1, -0.05) is 36.0 Å². The standard InChI is InChI=1S/C24H16F2N2O5S/c25-24(26)34-19-8-4-3-7-18(19)27-20(29)13-33-23(32)14-9-11-15(12-10-14)28-21(30)16-5-1-2-6-17(16)22(28)31/h1-12,24H,13H2,(H,27,29). The molecule has 34 heavy (non-hydrogen) atoms. The van der Waals surface area contributed by atoms with Crippen LogP contribution in [0.25, 0.3) is 0 Å². The number of amides is 3. The molecule has 3 amide bonds. The lowest BCUT2D eigenvalue weighted by Gasteiger charge is -2.14. The smallest absolute Gasteiger partial charge is 0.338 e. The number of para-hydroxylation sites is 1. The minimum absolute atomic E-state index is 0.0989. The number of carbonyl (C=O) groups is 4. The summed E-state index contributed by atoms with van der Waals surface area (Å²) in [5.74, 6) is -5.08. The molecule has 0 aliphatic carbocycles. The van der Waals surface area contributed by atoms with Crippen LogP contribution >= 0.6 is 11.8 Å². The fraction of sp³-hybridized carbons (Fsp3) is 0.0833. The molecule has 4 rings (SSSR count). The first-order valence-electron chi connectivity index (χ1n) is 9.94. The molecule has 0 aromatic heterocycles. The quantitative estimate of drug-likeness (QED) is 0.301. The molecule has 1 aliphatic rings. The second-order valence-electron chi connectivity index (χ2n) is 7.04. The van der Waals surface area contributed by atoms with Crippen LogP contribution in [0.3, 0.4) is 0 Å². The lowest BCUT2D eigenvalue weighted by Crippen LogP contribution is -2.29. The summed E-state index contributed by atoms with van der Waals surface area (Å²) in [6.07, 6.45) is 0. The van der Waals surface area contributed by atoms with Crippen LogP contribution < -0.4 is 10.2 Å².